The number of hydrogen-bond donors (Lipinski definition) is 2. The van der Waals surface area contributed by atoms with Crippen LogP contribution in [0.25, 0.3) is 0 Å². The Bertz CT molecular complexity index is 460. The highest BCUT2D eigenvalue weighted by Crippen LogP contribution is 2.04. The van der Waals surface area contributed by atoms with Crippen LogP contribution < -0.4 is 5.32 Å². The van der Waals surface area contributed by atoms with E-state index in [1.54, 1.807) is 7.05 Å². The van der Waals surface area contributed by atoms with E-state index in [9.17, 15) is 9.59 Å². The van der Waals surface area contributed by atoms with Crippen molar-refractivity contribution in [2.75, 3.05) is 20.1 Å². The highest BCUT2D eigenvalue weighted by atomic mass is 16.4. The minimum absolute atomic E-state index is 0.0842. The molecule has 2 N–H and O–H groups in total. The molecule has 0 saturated heterocycles. The molecule has 1 rings (SSSR count). The first-order valence-corrected chi connectivity index (χ1v) is 6.75. The van der Waals surface area contributed by atoms with Crippen LogP contribution in [0.5, 0.6) is 0 Å². The molecule has 20 heavy (non-hydrogen) atoms. The van der Waals surface area contributed by atoms with E-state index in [0.29, 0.717) is 19.5 Å². The van der Waals surface area contributed by atoms with Gasteiger partial charge in [-0.3, -0.25) is 4.79 Å². The maximum atomic E-state index is 11.7. The molecule has 0 unspecified atom stereocenters. The molecule has 0 spiro atoms. The Morgan fingerprint density at radius 2 is 2.10 bits per heavy atom. The first kappa shape index (κ1) is 16.0. The van der Waals surface area contributed by atoms with Gasteiger partial charge in [0.05, 0.1) is 0 Å². The molecule has 5 nitrogen and oxygen atoms in total. The molecule has 0 aliphatic heterocycles. The highest BCUT2D eigenvalue weighted by molar-refractivity contribution is 5.74. The van der Waals surface area contributed by atoms with Gasteiger partial charge in [-0.1, -0.05) is 29.8 Å². The molecule has 0 fully saturated rings. The number of nitrogens with zero attached hydrogens (tertiary/aromatic N) is 1. The maximum absolute atomic E-state index is 11.7. The number of hydrogen-bond acceptors (Lipinski definition) is 2. The zero-order valence-corrected chi connectivity index (χ0v) is 12.1. The largest absolute Gasteiger partial charge is 0.481 e. The molecule has 0 aliphatic rings. The monoisotopic (exact) mass is 278 g/mol. The van der Waals surface area contributed by atoms with Crippen molar-refractivity contribution in [1.29, 1.82) is 0 Å². The molecule has 1 aromatic carbocycles. The minimum atomic E-state index is -0.835. The molecule has 0 bridgehead atoms. The molecule has 0 heterocycles. The van der Waals surface area contributed by atoms with Crippen molar-refractivity contribution in [3.05, 3.63) is 35.4 Å². The number of carbonyl (C=O) groups excluding carboxylic acids is 1. The van der Waals surface area contributed by atoms with Crippen molar-refractivity contribution in [1.82, 2.24) is 10.2 Å². The summed E-state index contributed by atoms with van der Waals surface area (Å²) in [7, 11) is 1.67. The lowest BCUT2D eigenvalue weighted by Gasteiger charge is -2.17. The van der Waals surface area contributed by atoms with Gasteiger partial charge >= 0.3 is 12.0 Å². The maximum Gasteiger partial charge on any atom is 0.317 e. The second-order valence-electron chi connectivity index (χ2n) is 4.89. The zero-order chi connectivity index (χ0) is 15.0. The summed E-state index contributed by atoms with van der Waals surface area (Å²) >= 11 is 0. The van der Waals surface area contributed by atoms with Gasteiger partial charge < -0.3 is 15.3 Å². The number of rotatable bonds is 7. The molecule has 0 radical (unpaired) electrons. The number of aliphatic carboxylic acids is 1. The summed E-state index contributed by atoms with van der Waals surface area (Å²) in [6.45, 7) is 3.06. The lowest BCUT2D eigenvalue weighted by atomic mass is 10.1. The molecule has 0 aliphatic carbocycles. The average molecular weight is 278 g/mol. The Morgan fingerprint density at radius 1 is 1.35 bits per heavy atom. The molecule has 0 saturated carbocycles. The standard InChI is InChI=1S/C15H22N2O3/c1-12-5-3-6-13(11-12)8-9-16-15(20)17(2)10-4-7-14(18)19/h3,5-6,11H,4,7-10H2,1-2H3,(H,16,20)(H,18,19). The van der Waals surface area contributed by atoms with Crippen molar-refractivity contribution >= 4 is 12.0 Å². The van der Waals surface area contributed by atoms with Crippen molar-refractivity contribution < 1.29 is 14.7 Å². The number of urea groups is 1. The Morgan fingerprint density at radius 3 is 2.75 bits per heavy atom. The fourth-order valence-electron chi connectivity index (χ4n) is 1.89. The molecule has 5 heteroatoms. The summed E-state index contributed by atoms with van der Waals surface area (Å²) in [5.41, 5.74) is 2.40. The topological polar surface area (TPSA) is 69.6 Å². The minimum Gasteiger partial charge on any atom is -0.481 e. The van der Waals surface area contributed by atoms with E-state index in [-0.39, 0.29) is 12.5 Å². The fourth-order valence-corrected chi connectivity index (χ4v) is 1.89. The molecule has 110 valence electrons. The molecule has 0 aromatic heterocycles. The number of benzene rings is 1. The summed E-state index contributed by atoms with van der Waals surface area (Å²) in [6.07, 6.45) is 1.34. The van der Waals surface area contributed by atoms with Gasteiger partial charge in [0.1, 0.15) is 0 Å². The van der Waals surface area contributed by atoms with E-state index in [0.717, 1.165) is 6.42 Å². The second-order valence-corrected chi connectivity index (χ2v) is 4.89. The van der Waals surface area contributed by atoms with Crippen LogP contribution in [-0.4, -0.2) is 42.1 Å². The number of carboxylic acid groups (broad SMARTS) is 1. The third-order valence-corrected chi connectivity index (χ3v) is 3.00. The van der Waals surface area contributed by atoms with Crippen molar-refractivity contribution in [3.63, 3.8) is 0 Å². The summed E-state index contributed by atoms with van der Waals surface area (Å²) in [6, 6.07) is 8.02. The predicted octanol–water partition coefficient (Wildman–Crippen LogP) is 2.04. The van der Waals surface area contributed by atoms with Gasteiger partial charge in [0.25, 0.3) is 0 Å². The van der Waals surface area contributed by atoms with Crippen LogP contribution in [0.2, 0.25) is 0 Å². The first-order chi connectivity index (χ1) is 9.49. The Labute approximate surface area is 119 Å². The quantitative estimate of drug-likeness (QED) is 0.802. The van der Waals surface area contributed by atoms with Gasteiger partial charge in [-0.2, -0.15) is 0 Å². The third-order valence-electron chi connectivity index (χ3n) is 3.00. The number of carbonyl (C=O) groups is 2. The molecular weight excluding hydrogens is 256 g/mol. The lowest BCUT2D eigenvalue weighted by molar-refractivity contribution is -0.137. The van der Waals surface area contributed by atoms with Crippen molar-refractivity contribution in [2.45, 2.75) is 26.2 Å². The normalized spacial score (nSPS) is 10.1. The van der Waals surface area contributed by atoms with E-state index in [2.05, 4.69) is 11.4 Å². The van der Waals surface area contributed by atoms with Crippen LogP contribution in [0.4, 0.5) is 4.79 Å². The van der Waals surface area contributed by atoms with Gasteiger partial charge in [0.15, 0.2) is 0 Å². The Kier molecular flexibility index (Phi) is 6.56. The fraction of sp³-hybridized carbons (Fsp3) is 0.467. The van der Waals surface area contributed by atoms with Crippen LogP contribution in [0.15, 0.2) is 24.3 Å². The summed E-state index contributed by atoms with van der Waals surface area (Å²) < 4.78 is 0. The van der Waals surface area contributed by atoms with Crippen LogP contribution in [0, 0.1) is 6.92 Å². The van der Waals surface area contributed by atoms with Crippen molar-refractivity contribution in [2.24, 2.45) is 0 Å². The predicted molar refractivity (Wildman–Crippen MR) is 77.8 cm³/mol. The Hall–Kier alpha value is -2.04. The van der Waals surface area contributed by atoms with Crippen LogP contribution in [0.3, 0.4) is 0 Å². The van der Waals surface area contributed by atoms with Gasteiger partial charge in [-0.25, -0.2) is 4.79 Å². The first-order valence-electron chi connectivity index (χ1n) is 6.75. The summed E-state index contributed by atoms with van der Waals surface area (Å²) in [4.78, 5) is 23.6. The second kappa shape index (κ2) is 8.19. The van der Waals surface area contributed by atoms with Gasteiger partial charge in [0, 0.05) is 26.6 Å². The summed E-state index contributed by atoms with van der Waals surface area (Å²) in [5.74, 6) is -0.835. The van der Waals surface area contributed by atoms with Crippen molar-refractivity contribution in [3.8, 4) is 0 Å². The van der Waals surface area contributed by atoms with E-state index < -0.39 is 5.97 Å². The van der Waals surface area contributed by atoms with E-state index >= 15 is 0 Å². The molecule has 1 aromatic rings. The average Bonchev–Trinajstić information content (AvgIpc) is 2.38. The summed E-state index contributed by atoms with van der Waals surface area (Å²) in [5, 5.41) is 11.4. The van der Waals surface area contributed by atoms with Gasteiger partial charge in [-0.05, 0) is 25.3 Å². The number of nitrogens with one attached hydrogen (secondary N) is 1. The number of amides is 2. The number of aryl methyl sites for hydroxylation is 1. The lowest BCUT2D eigenvalue weighted by Crippen LogP contribution is -2.38. The number of carboxylic acids is 1. The SMILES string of the molecule is Cc1cccc(CCNC(=O)N(C)CCCC(=O)O)c1. The van der Waals surface area contributed by atoms with Crippen LogP contribution in [-0.2, 0) is 11.2 Å². The van der Waals surface area contributed by atoms with Crippen LogP contribution >= 0.6 is 0 Å². The highest BCUT2D eigenvalue weighted by Gasteiger charge is 2.08. The molecule has 2 amide bonds. The van der Waals surface area contributed by atoms with E-state index in [1.165, 1.54) is 16.0 Å². The van der Waals surface area contributed by atoms with Gasteiger partial charge in [-0.15, -0.1) is 0 Å². The zero-order valence-electron chi connectivity index (χ0n) is 12.1. The van der Waals surface area contributed by atoms with Gasteiger partial charge in [0.2, 0.25) is 0 Å². The smallest absolute Gasteiger partial charge is 0.317 e. The Balaban J connectivity index is 2.23. The van der Waals surface area contributed by atoms with E-state index in [1.807, 2.05) is 25.1 Å². The van der Waals surface area contributed by atoms with Crippen LogP contribution in [0.1, 0.15) is 24.0 Å². The molecule has 0 atom stereocenters. The molecular formula is C15H22N2O3. The third kappa shape index (κ3) is 6.22. The van der Waals surface area contributed by atoms with E-state index in [4.69, 9.17) is 5.11 Å².